The standard InChI is InChI=1S/C14H25N3O2S2/c1-10(9-17(3)4)16-21(18,19)14-7-13(20-11(14)2)8-15-12-5-6-12/h7,10,12,15-16H,5-6,8-9H2,1-4H3. The van der Waals surface area contributed by atoms with Gasteiger partial charge in [0.2, 0.25) is 10.0 Å². The maximum absolute atomic E-state index is 12.5. The predicted molar refractivity (Wildman–Crippen MR) is 87.3 cm³/mol. The van der Waals surface area contributed by atoms with Crippen LogP contribution >= 0.6 is 11.3 Å². The molecule has 120 valence electrons. The molecule has 21 heavy (non-hydrogen) atoms. The SMILES string of the molecule is Cc1sc(CNC2CC2)cc1S(=O)(=O)NC(C)CN(C)C. The molecule has 0 aliphatic heterocycles. The first-order valence-electron chi connectivity index (χ1n) is 7.27. The first kappa shape index (κ1) is 16.9. The molecule has 1 unspecified atom stereocenters. The molecule has 1 atom stereocenters. The van der Waals surface area contributed by atoms with Crippen molar-refractivity contribution in [3.8, 4) is 0 Å². The third-order valence-electron chi connectivity index (χ3n) is 3.35. The average Bonchev–Trinajstić information content (AvgIpc) is 3.07. The van der Waals surface area contributed by atoms with Gasteiger partial charge in [0.1, 0.15) is 0 Å². The Hall–Kier alpha value is -0.470. The molecule has 1 aliphatic rings. The molecule has 2 rings (SSSR count). The van der Waals surface area contributed by atoms with Crippen LogP contribution in [0.4, 0.5) is 0 Å². The molecule has 0 bridgehead atoms. The topological polar surface area (TPSA) is 61.4 Å². The van der Waals surface area contributed by atoms with E-state index in [1.165, 1.54) is 12.8 Å². The van der Waals surface area contributed by atoms with E-state index < -0.39 is 10.0 Å². The van der Waals surface area contributed by atoms with Crippen LogP contribution in [0, 0.1) is 6.92 Å². The first-order valence-corrected chi connectivity index (χ1v) is 9.57. The lowest BCUT2D eigenvalue weighted by atomic mass is 10.3. The summed E-state index contributed by atoms with van der Waals surface area (Å²) < 4.78 is 27.7. The van der Waals surface area contributed by atoms with Gasteiger partial charge in [0.05, 0.1) is 4.90 Å². The van der Waals surface area contributed by atoms with Crippen LogP contribution < -0.4 is 10.0 Å². The number of nitrogens with one attached hydrogen (secondary N) is 2. The highest BCUT2D eigenvalue weighted by Gasteiger charge is 2.24. The minimum Gasteiger partial charge on any atom is -0.309 e. The molecule has 2 N–H and O–H groups in total. The van der Waals surface area contributed by atoms with Crippen molar-refractivity contribution in [2.24, 2.45) is 0 Å². The van der Waals surface area contributed by atoms with Crippen molar-refractivity contribution in [1.82, 2.24) is 14.9 Å². The van der Waals surface area contributed by atoms with Crippen molar-refractivity contribution < 1.29 is 8.42 Å². The van der Waals surface area contributed by atoms with E-state index in [1.807, 2.05) is 32.8 Å². The van der Waals surface area contributed by atoms with E-state index >= 15 is 0 Å². The molecule has 1 aliphatic carbocycles. The summed E-state index contributed by atoms with van der Waals surface area (Å²) in [6.45, 7) is 5.20. The maximum atomic E-state index is 12.5. The summed E-state index contributed by atoms with van der Waals surface area (Å²) in [7, 11) is 0.434. The van der Waals surface area contributed by atoms with Crippen molar-refractivity contribution in [3.05, 3.63) is 15.8 Å². The number of nitrogens with zero attached hydrogens (tertiary/aromatic N) is 1. The van der Waals surface area contributed by atoms with E-state index in [0.29, 0.717) is 17.5 Å². The van der Waals surface area contributed by atoms with Gasteiger partial charge < -0.3 is 10.2 Å². The summed E-state index contributed by atoms with van der Waals surface area (Å²) in [6, 6.07) is 2.32. The van der Waals surface area contributed by atoms with Gasteiger partial charge in [0.15, 0.2) is 0 Å². The molecule has 0 saturated heterocycles. The highest BCUT2D eigenvalue weighted by Crippen LogP contribution is 2.27. The van der Waals surface area contributed by atoms with Crippen LogP contribution in [0.2, 0.25) is 0 Å². The number of hydrogen-bond donors (Lipinski definition) is 2. The van der Waals surface area contributed by atoms with Crippen LogP contribution in [0.25, 0.3) is 0 Å². The van der Waals surface area contributed by atoms with Crippen LogP contribution in [-0.2, 0) is 16.6 Å². The van der Waals surface area contributed by atoms with Crippen LogP contribution in [0.5, 0.6) is 0 Å². The summed E-state index contributed by atoms with van der Waals surface area (Å²) in [5.41, 5.74) is 0. The molecule has 1 heterocycles. The van der Waals surface area contributed by atoms with Crippen LogP contribution in [0.3, 0.4) is 0 Å². The molecule has 1 aromatic heterocycles. The van der Waals surface area contributed by atoms with E-state index in [1.54, 1.807) is 17.4 Å². The van der Waals surface area contributed by atoms with Crippen molar-refractivity contribution >= 4 is 21.4 Å². The molecule has 0 spiro atoms. The molecule has 1 saturated carbocycles. The zero-order valence-corrected chi connectivity index (χ0v) is 14.8. The number of aryl methyl sites for hydroxylation is 1. The lowest BCUT2D eigenvalue weighted by Crippen LogP contribution is -2.39. The molecule has 1 aromatic rings. The Morgan fingerprint density at radius 3 is 2.67 bits per heavy atom. The lowest BCUT2D eigenvalue weighted by Gasteiger charge is -2.18. The summed E-state index contributed by atoms with van der Waals surface area (Å²) in [4.78, 5) is 4.33. The average molecular weight is 332 g/mol. The first-order chi connectivity index (χ1) is 9.78. The Balaban J connectivity index is 2.04. The normalized spacial score (nSPS) is 17.4. The molecular weight excluding hydrogens is 306 g/mol. The quantitative estimate of drug-likeness (QED) is 0.758. The summed E-state index contributed by atoms with van der Waals surface area (Å²) in [6.07, 6.45) is 2.47. The summed E-state index contributed by atoms with van der Waals surface area (Å²) in [5, 5.41) is 3.42. The number of likely N-dealkylation sites (N-methyl/N-ethyl adjacent to an activating group) is 1. The van der Waals surface area contributed by atoms with Crippen molar-refractivity contribution in [1.29, 1.82) is 0 Å². The second-order valence-electron chi connectivity index (χ2n) is 6.07. The largest absolute Gasteiger partial charge is 0.309 e. The van der Waals surface area contributed by atoms with Gasteiger partial charge in [-0.05, 0) is 46.9 Å². The van der Waals surface area contributed by atoms with Gasteiger partial charge in [-0.15, -0.1) is 11.3 Å². The highest BCUT2D eigenvalue weighted by atomic mass is 32.2. The van der Waals surface area contributed by atoms with Crippen LogP contribution in [-0.4, -0.2) is 46.0 Å². The molecule has 1 fully saturated rings. The maximum Gasteiger partial charge on any atom is 0.241 e. The molecule has 0 amide bonds. The molecule has 0 radical (unpaired) electrons. The third kappa shape index (κ3) is 5.03. The minimum absolute atomic E-state index is 0.114. The monoisotopic (exact) mass is 331 g/mol. The van der Waals surface area contributed by atoms with Crippen LogP contribution in [0.15, 0.2) is 11.0 Å². The number of thiophene rings is 1. The van der Waals surface area contributed by atoms with E-state index in [-0.39, 0.29) is 6.04 Å². The Morgan fingerprint density at radius 2 is 2.10 bits per heavy atom. The second-order valence-corrected chi connectivity index (χ2v) is 9.10. The van der Waals surface area contributed by atoms with E-state index in [2.05, 4.69) is 10.0 Å². The smallest absolute Gasteiger partial charge is 0.241 e. The fourth-order valence-electron chi connectivity index (χ4n) is 2.32. The van der Waals surface area contributed by atoms with E-state index in [4.69, 9.17) is 0 Å². The van der Waals surface area contributed by atoms with E-state index in [9.17, 15) is 8.42 Å². The fourth-order valence-corrected chi connectivity index (χ4v) is 5.14. The van der Waals surface area contributed by atoms with Gasteiger partial charge in [-0.1, -0.05) is 0 Å². The minimum atomic E-state index is -3.43. The second kappa shape index (κ2) is 6.75. The zero-order valence-electron chi connectivity index (χ0n) is 13.1. The Labute approximate surface area is 131 Å². The molecule has 7 heteroatoms. The van der Waals surface area contributed by atoms with Gasteiger partial charge in [-0.2, -0.15) is 0 Å². The number of rotatable bonds is 8. The van der Waals surface area contributed by atoms with Crippen LogP contribution in [0.1, 0.15) is 29.5 Å². The molecule has 0 aromatic carbocycles. The fraction of sp³-hybridized carbons (Fsp3) is 0.714. The lowest BCUT2D eigenvalue weighted by molar-refractivity contribution is 0.370. The number of sulfonamides is 1. The highest BCUT2D eigenvalue weighted by molar-refractivity contribution is 7.89. The predicted octanol–water partition coefficient (Wildman–Crippen LogP) is 1.54. The Morgan fingerprint density at radius 1 is 1.43 bits per heavy atom. The van der Waals surface area contributed by atoms with Crippen molar-refractivity contribution in [2.45, 2.75) is 50.2 Å². The van der Waals surface area contributed by atoms with E-state index in [0.717, 1.165) is 16.3 Å². The number of hydrogen-bond acceptors (Lipinski definition) is 5. The third-order valence-corrected chi connectivity index (χ3v) is 6.25. The molecule has 5 nitrogen and oxygen atoms in total. The summed E-state index contributed by atoms with van der Waals surface area (Å²) in [5.74, 6) is 0. The van der Waals surface area contributed by atoms with Gasteiger partial charge in [0.25, 0.3) is 0 Å². The van der Waals surface area contributed by atoms with Gasteiger partial charge in [0, 0.05) is 34.9 Å². The van der Waals surface area contributed by atoms with Gasteiger partial charge in [-0.3, -0.25) is 0 Å². The Bertz CT molecular complexity index is 577. The van der Waals surface area contributed by atoms with Crippen molar-refractivity contribution in [2.75, 3.05) is 20.6 Å². The summed E-state index contributed by atoms with van der Waals surface area (Å²) >= 11 is 1.56. The van der Waals surface area contributed by atoms with Gasteiger partial charge >= 0.3 is 0 Å². The van der Waals surface area contributed by atoms with Crippen molar-refractivity contribution in [3.63, 3.8) is 0 Å². The Kier molecular flexibility index (Phi) is 5.43. The molecular formula is C14H25N3O2S2. The van der Waals surface area contributed by atoms with Gasteiger partial charge in [-0.25, -0.2) is 13.1 Å². The zero-order chi connectivity index (χ0) is 15.6.